The Hall–Kier alpha value is -1.84. The van der Waals surface area contributed by atoms with Crippen molar-refractivity contribution in [2.45, 2.75) is 12.8 Å². The molecule has 0 saturated heterocycles. The van der Waals surface area contributed by atoms with Crippen LogP contribution in [0.15, 0.2) is 12.1 Å². The monoisotopic (exact) mass is 301 g/mol. The molecule has 1 aromatic carbocycles. The number of nitro groups is 1. The second-order valence-electron chi connectivity index (χ2n) is 3.57. The molecule has 100 valence electrons. The molecule has 1 amide bonds. The van der Waals surface area contributed by atoms with Crippen molar-refractivity contribution in [1.29, 1.82) is 5.26 Å². The average molecular weight is 302 g/mol. The molecule has 1 rings (SSSR count). The van der Waals surface area contributed by atoms with E-state index in [9.17, 15) is 14.9 Å². The third kappa shape index (κ3) is 4.09. The first-order valence-corrected chi connectivity index (χ1v) is 6.01. The number of rotatable bonds is 5. The number of unbranched alkanes of at least 4 members (excludes halogenated alkanes) is 1. The number of nitro benzene ring substituents is 1. The molecule has 0 radical (unpaired) electrons. The predicted octanol–water partition coefficient (Wildman–Crippen LogP) is 2.94. The van der Waals surface area contributed by atoms with Crippen molar-refractivity contribution in [2.75, 3.05) is 6.54 Å². The van der Waals surface area contributed by atoms with E-state index >= 15 is 0 Å². The summed E-state index contributed by atoms with van der Waals surface area (Å²) in [5.41, 5.74) is -0.366. The highest BCUT2D eigenvalue weighted by Gasteiger charge is 2.19. The van der Waals surface area contributed by atoms with Crippen molar-refractivity contribution in [3.8, 4) is 6.07 Å². The molecule has 0 saturated carbocycles. The van der Waals surface area contributed by atoms with Gasteiger partial charge in [0.15, 0.2) is 0 Å². The van der Waals surface area contributed by atoms with Gasteiger partial charge in [-0.15, -0.1) is 0 Å². The molecule has 6 nitrogen and oxygen atoms in total. The molecule has 0 aromatic heterocycles. The second-order valence-corrected chi connectivity index (χ2v) is 4.35. The first kappa shape index (κ1) is 15.2. The third-order valence-electron chi connectivity index (χ3n) is 2.22. The van der Waals surface area contributed by atoms with Gasteiger partial charge >= 0.3 is 0 Å². The lowest BCUT2D eigenvalue weighted by atomic mass is 10.2. The molecule has 0 fully saturated rings. The fourth-order valence-electron chi connectivity index (χ4n) is 1.31. The van der Waals surface area contributed by atoms with E-state index in [1.165, 1.54) is 6.07 Å². The summed E-state index contributed by atoms with van der Waals surface area (Å²) in [6, 6.07) is 4.27. The van der Waals surface area contributed by atoms with Crippen LogP contribution in [0, 0.1) is 21.4 Å². The maximum atomic E-state index is 11.7. The SMILES string of the molecule is N#CCCCNC(=O)c1cc(Cl)c(Cl)c([N+](=O)[O-])c1. The normalized spacial score (nSPS) is 9.74. The van der Waals surface area contributed by atoms with Crippen molar-refractivity contribution in [3.63, 3.8) is 0 Å². The number of benzene rings is 1. The first-order valence-electron chi connectivity index (χ1n) is 5.26. The van der Waals surface area contributed by atoms with Gasteiger partial charge in [0.1, 0.15) is 5.02 Å². The summed E-state index contributed by atoms with van der Waals surface area (Å²) in [6.07, 6.45) is 0.827. The van der Waals surface area contributed by atoms with Crippen LogP contribution in [0.1, 0.15) is 23.2 Å². The smallest absolute Gasteiger partial charge is 0.290 e. The van der Waals surface area contributed by atoms with Gasteiger partial charge in [-0.2, -0.15) is 5.26 Å². The van der Waals surface area contributed by atoms with E-state index in [1.807, 2.05) is 6.07 Å². The number of amides is 1. The summed E-state index contributed by atoms with van der Waals surface area (Å²) >= 11 is 11.4. The molecule has 0 spiro atoms. The van der Waals surface area contributed by atoms with E-state index in [0.29, 0.717) is 19.4 Å². The second kappa shape index (κ2) is 6.92. The van der Waals surface area contributed by atoms with E-state index in [1.54, 1.807) is 0 Å². The Balaban J connectivity index is 2.87. The number of nitrogens with zero attached hydrogens (tertiary/aromatic N) is 2. The van der Waals surface area contributed by atoms with E-state index in [-0.39, 0.29) is 15.6 Å². The molecule has 1 N–H and O–H groups in total. The van der Waals surface area contributed by atoms with Crippen LogP contribution < -0.4 is 5.32 Å². The number of hydrogen-bond acceptors (Lipinski definition) is 4. The van der Waals surface area contributed by atoms with Crippen molar-refractivity contribution in [2.24, 2.45) is 0 Å². The van der Waals surface area contributed by atoms with Gasteiger partial charge < -0.3 is 5.32 Å². The molecule has 1 aromatic rings. The average Bonchev–Trinajstić information content (AvgIpc) is 2.37. The maximum absolute atomic E-state index is 11.7. The molecular weight excluding hydrogens is 293 g/mol. The quantitative estimate of drug-likeness (QED) is 0.514. The number of carbonyl (C=O) groups is 1. The highest BCUT2D eigenvalue weighted by molar-refractivity contribution is 6.43. The minimum Gasteiger partial charge on any atom is -0.352 e. The van der Waals surface area contributed by atoms with Gasteiger partial charge in [-0.1, -0.05) is 23.2 Å². The zero-order chi connectivity index (χ0) is 14.4. The Morgan fingerprint density at radius 2 is 2.16 bits per heavy atom. The van der Waals surface area contributed by atoms with E-state index in [4.69, 9.17) is 28.5 Å². The molecule has 8 heteroatoms. The number of carbonyl (C=O) groups excluding carboxylic acids is 1. The molecule has 0 heterocycles. The lowest BCUT2D eigenvalue weighted by Crippen LogP contribution is -2.24. The van der Waals surface area contributed by atoms with Crippen molar-refractivity contribution < 1.29 is 9.72 Å². The Kier molecular flexibility index (Phi) is 5.55. The van der Waals surface area contributed by atoms with Crippen LogP contribution in [-0.4, -0.2) is 17.4 Å². The van der Waals surface area contributed by atoms with Crippen LogP contribution in [-0.2, 0) is 0 Å². The van der Waals surface area contributed by atoms with Gasteiger partial charge in [0.25, 0.3) is 11.6 Å². The van der Waals surface area contributed by atoms with Crippen molar-refractivity contribution >= 4 is 34.8 Å². The van der Waals surface area contributed by atoms with E-state index in [0.717, 1.165) is 6.07 Å². The summed E-state index contributed by atoms with van der Waals surface area (Å²) in [4.78, 5) is 21.8. The highest BCUT2D eigenvalue weighted by atomic mass is 35.5. The van der Waals surface area contributed by atoms with Crippen LogP contribution in [0.2, 0.25) is 10.0 Å². The van der Waals surface area contributed by atoms with Crippen molar-refractivity contribution in [3.05, 3.63) is 37.9 Å². The number of nitrogens with one attached hydrogen (secondary N) is 1. The topological polar surface area (TPSA) is 96.0 Å². The molecule has 0 unspecified atom stereocenters. The zero-order valence-electron chi connectivity index (χ0n) is 9.65. The standard InChI is InChI=1S/C11H9Cl2N3O3/c12-8-5-7(6-9(10(8)13)16(18)19)11(17)15-4-2-1-3-14/h5-6H,1-2,4H2,(H,15,17). The molecule has 0 aliphatic carbocycles. The molecule has 0 bridgehead atoms. The first-order chi connectivity index (χ1) is 8.97. The molecule has 0 atom stereocenters. The number of halogens is 2. The van der Waals surface area contributed by atoms with Gasteiger partial charge in [-0.3, -0.25) is 14.9 Å². The highest BCUT2D eigenvalue weighted by Crippen LogP contribution is 2.32. The zero-order valence-corrected chi connectivity index (χ0v) is 11.2. The fourth-order valence-corrected chi connectivity index (χ4v) is 1.70. The van der Waals surface area contributed by atoms with Gasteiger partial charge in [0.05, 0.1) is 16.0 Å². The van der Waals surface area contributed by atoms with Crippen LogP contribution in [0.25, 0.3) is 0 Å². The van der Waals surface area contributed by atoms with Gasteiger partial charge in [-0.05, 0) is 12.5 Å². The summed E-state index contributed by atoms with van der Waals surface area (Å²) in [5.74, 6) is -0.500. The lowest BCUT2D eigenvalue weighted by molar-refractivity contribution is -0.384. The maximum Gasteiger partial charge on any atom is 0.290 e. The Morgan fingerprint density at radius 3 is 2.74 bits per heavy atom. The van der Waals surface area contributed by atoms with Gasteiger partial charge in [0.2, 0.25) is 0 Å². The summed E-state index contributed by atoms with van der Waals surface area (Å²) in [6.45, 7) is 0.306. The fraction of sp³-hybridized carbons (Fsp3) is 0.273. The molecule has 19 heavy (non-hydrogen) atoms. The Bertz CT molecular complexity index is 555. The van der Waals surface area contributed by atoms with Crippen LogP contribution in [0.5, 0.6) is 0 Å². The minimum atomic E-state index is -0.708. The Morgan fingerprint density at radius 1 is 1.47 bits per heavy atom. The number of nitriles is 1. The largest absolute Gasteiger partial charge is 0.352 e. The minimum absolute atomic E-state index is 0.0538. The van der Waals surface area contributed by atoms with Gasteiger partial charge in [-0.25, -0.2) is 0 Å². The number of hydrogen-bond donors (Lipinski definition) is 1. The Labute approximate surface area is 119 Å². The lowest BCUT2D eigenvalue weighted by Gasteiger charge is -2.05. The summed E-state index contributed by atoms with van der Waals surface area (Å²) < 4.78 is 0. The summed E-state index contributed by atoms with van der Waals surface area (Å²) in [5, 5.41) is 21.4. The van der Waals surface area contributed by atoms with E-state index in [2.05, 4.69) is 5.32 Å². The predicted molar refractivity (Wildman–Crippen MR) is 70.3 cm³/mol. The molecule has 0 aliphatic heterocycles. The molecular formula is C11H9Cl2N3O3. The third-order valence-corrected chi connectivity index (χ3v) is 3.01. The van der Waals surface area contributed by atoms with Crippen LogP contribution in [0.3, 0.4) is 0 Å². The summed E-state index contributed by atoms with van der Waals surface area (Å²) in [7, 11) is 0. The van der Waals surface area contributed by atoms with Gasteiger partial charge in [0, 0.05) is 24.6 Å². The van der Waals surface area contributed by atoms with E-state index < -0.39 is 16.5 Å². The molecule has 0 aliphatic rings. The van der Waals surface area contributed by atoms with Crippen LogP contribution >= 0.6 is 23.2 Å². The van der Waals surface area contributed by atoms with Crippen LogP contribution in [0.4, 0.5) is 5.69 Å². The van der Waals surface area contributed by atoms with Crippen molar-refractivity contribution in [1.82, 2.24) is 5.32 Å².